The van der Waals surface area contributed by atoms with Crippen LogP contribution in [-0.4, -0.2) is 56.9 Å². The number of rotatable bonds is 7. The van der Waals surface area contributed by atoms with Gasteiger partial charge in [0.15, 0.2) is 10.9 Å². The number of cyclic esters (lactones) is 1. The molecule has 1 aliphatic heterocycles. The van der Waals surface area contributed by atoms with E-state index in [0.717, 1.165) is 12.1 Å². The van der Waals surface area contributed by atoms with Crippen LogP contribution < -0.4 is 15.5 Å². The molecule has 11 heteroatoms. The van der Waals surface area contributed by atoms with E-state index < -0.39 is 18.0 Å². The Morgan fingerprint density at radius 2 is 2.00 bits per heavy atom. The number of halogens is 1. The quantitative estimate of drug-likeness (QED) is 0.381. The average molecular weight is 492 g/mol. The van der Waals surface area contributed by atoms with Gasteiger partial charge in [0.2, 0.25) is 0 Å². The van der Waals surface area contributed by atoms with Crippen molar-refractivity contribution in [1.82, 2.24) is 30.6 Å². The topological polar surface area (TPSA) is 97.2 Å². The number of anilines is 1. The molecule has 0 spiro atoms. The van der Waals surface area contributed by atoms with Crippen LogP contribution in [0.2, 0.25) is 0 Å². The standard InChI is InChI=1S/C24H22FN7O2S/c25-19-13-17(8-9-21(19)32-22-7-2-1-6-20(22)29-30-32)31-15-18(34-24(31)33)14-28-23(35)27-12-10-16-5-3-4-11-26-16/h1-9,11,13,18H,10,12,14-15H2,(H2,27,28,35)/t18-/m0/s1. The lowest BCUT2D eigenvalue weighted by Gasteiger charge is -2.15. The van der Waals surface area contributed by atoms with E-state index in [1.54, 1.807) is 24.4 Å². The van der Waals surface area contributed by atoms with E-state index in [2.05, 4.69) is 25.9 Å². The number of hydrogen-bond acceptors (Lipinski definition) is 6. The number of ether oxygens (including phenoxy) is 1. The number of amides is 1. The van der Waals surface area contributed by atoms with E-state index in [1.165, 1.54) is 15.6 Å². The monoisotopic (exact) mass is 491 g/mol. The van der Waals surface area contributed by atoms with Crippen LogP contribution >= 0.6 is 12.2 Å². The summed E-state index contributed by atoms with van der Waals surface area (Å²) in [6.45, 7) is 1.24. The minimum atomic E-state index is -0.538. The molecule has 4 aromatic rings. The van der Waals surface area contributed by atoms with Crippen molar-refractivity contribution in [1.29, 1.82) is 0 Å². The largest absolute Gasteiger partial charge is 0.442 e. The van der Waals surface area contributed by atoms with Gasteiger partial charge in [-0.05, 0) is 54.7 Å². The zero-order valence-electron chi connectivity index (χ0n) is 18.6. The van der Waals surface area contributed by atoms with E-state index in [1.807, 2.05) is 36.4 Å². The Balaban J connectivity index is 1.17. The molecule has 0 saturated carbocycles. The fourth-order valence-electron chi connectivity index (χ4n) is 3.84. The highest BCUT2D eigenvalue weighted by Gasteiger charge is 2.32. The molecule has 9 nitrogen and oxygen atoms in total. The summed E-state index contributed by atoms with van der Waals surface area (Å²) >= 11 is 5.30. The number of thiocarbonyl (C=S) groups is 1. The van der Waals surface area contributed by atoms with E-state index in [-0.39, 0.29) is 12.2 Å². The number of nitrogens with zero attached hydrogens (tertiary/aromatic N) is 5. The Hall–Kier alpha value is -4.12. The van der Waals surface area contributed by atoms with Gasteiger partial charge < -0.3 is 15.4 Å². The van der Waals surface area contributed by atoms with E-state index in [4.69, 9.17) is 17.0 Å². The predicted octanol–water partition coefficient (Wildman–Crippen LogP) is 2.99. The third kappa shape index (κ3) is 5.04. The first-order valence-corrected chi connectivity index (χ1v) is 11.5. The smallest absolute Gasteiger partial charge is 0.414 e. The Morgan fingerprint density at radius 3 is 2.83 bits per heavy atom. The third-order valence-electron chi connectivity index (χ3n) is 5.58. The molecule has 2 aromatic carbocycles. The van der Waals surface area contributed by atoms with Crippen molar-refractivity contribution in [2.45, 2.75) is 12.5 Å². The Kier molecular flexibility index (Phi) is 6.49. The maximum atomic E-state index is 15.0. The highest BCUT2D eigenvalue weighted by atomic mass is 32.1. The summed E-state index contributed by atoms with van der Waals surface area (Å²) in [5.41, 5.74) is 2.97. The highest BCUT2D eigenvalue weighted by molar-refractivity contribution is 7.80. The maximum absolute atomic E-state index is 15.0. The SMILES string of the molecule is O=C1O[C@@H](CNC(=S)NCCc2ccccn2)CN1c1ccc(-n2nnc3ccccc32)c(F)c1. The molecule has 2 N–H and O–H groups in total. The molecule has 1 aliphatic rings. The Labute approximate surface area is 205 Å². The lowest BCUT2D eigenvalue weighted by Crippen LogP contribution is -2.41. The van der Waals surface area contributed by atoms with Crippen molar-refractivity contribution in [3.05, 3.63) is 78.4 Å². The predicted molar refractivity (Wildman–Crippen MR) is 133 cm³/mol. The van der Waals surface area contributed by atoms with Crippen molar-refractivity contribution < 1.29 is 13.9 Å². The fourth-order valence-corrected chi connectivity index (χ4v) is 4.03. The molecule has 3 heterocycles. The van der Waals surface area contributed by atoms with E-state index in [9.17, 15) is 4.79 Å². The minimum absolute atomic E-state index is 0.246. The van der Waals surface area contributed by atoms with Crippen molar-refractivity contribution in [3.63, 3.8) is 0 Å². The molecule has 2 aromatic heterocycles. The molecule has 0 aliphatic carbocycles. The highest BCUT2D eigenvalue weighted by Crippen LogP contribution is 2.26. The lowest BCUT2D eigenvalue weighted by molar-refractivity contribution is 0.143. The Morgan fingerprint density at radius 1 is 1.14 bits per heavy atom. The number of carbonyl (C=O) groups excluding carboxylic acids is 1. The van der Waals surface area contributed by atoms with Gasteiger partial charge in [0.1, 0.15) is 17.3 Å². The second kappa shape index (κ2) is 10.0. The molecular weight excluding hydrogens is 469 g/mol. The molecule has 0 radical (unpaired) electrons. The average Bonchev–Trinajstić information content (AvgIpc) is 3.47. The molecule has 0 bridgehead atoms. The number of nitrogens with one attached hydrogen (secondary N) is 2. The molecule has 0 unspecified atom stereocenters. The zero-order valence-corrected chi connectivity index (χ0v) is 19.4. The summed E-state index contributed by atoms with van der Waals surface area (Å²) in [5.74, 6) is -0.522. The van der Waals surface area contributed by atoms with Gasteiger partial charge in [0.05, 0.1) is 24.3 Å². The lowest BCUT2D eigenvalue weighted by atomic mass is 10.2. The fraction of sp³-hybridized carbons (Fsp3) is 0.208. The van der Waals surface area contributed by atoms with Gasteiger partial charge in [-0.25, -0.2) is 13.9 Å². The molecule has 1 atom stereocenters. The zero-order chi connectivity index (χ0) is 24.2. The van der Waals surface area contributed by atoms with Gasteiger partial charge in [-0.15, -0.1) is 5.10 Å². The summed E-state index contributed by atoms with van der Waals surface area (Å²) in [7, 11) is 0. The van der Waals surface area contributed by atoms with Crippen molar-refractivity contribution in [3.8, 4) is 5.69 Å². The van der Waals surface area contributed by atoms with Crippen LogP contribution in [0.1, 0.15) is 5.69 Å². The summed E-state index contributed by atoms with van der Waals surface area (Å²) in [5, 5.41) is 14.8. The second-order valence-electron chi connectivity index (χ2n) is 7.95. The van der Waals surface area contributed by atoms with Crippen LogP contribution in [0.5, 0.6) is 0 Å². The van der Waals surface area contributed by atoms with Crippen LogP contribution in [0.4, 0.5) is 14.9 Å². The van der Waals surface area contributed by atoms with E-state index >= 15 is 4.39 Å². The van der Waals surface area contributed by atoms with Gasteiger partial charge in [-0.2, -0.15) is 0 Å². The van der Waals surface area contributed by atoms with Gasteiger partial charge in [0, 0.05) is 24.9 Å². The van der Waals surface area contributed by atoms with Gasteiger partial charge in [0.25, 0.3) is 0 Å². The van der Waals surface area contributed by atoms with E-state index in [0.29, 0.717) is 34.9 Å². The first-order valence-electron chi connectivity index (χ1n) is 11.1. The number of para-hydroxylation sites is 1. The summed E-state index contributed by atoms with van der Waals surface area (Å²) in [6.07, 6.45) is 1.52. The summed E-state index contributed by atoms with van der Waals surface area (Å²) < 4.78 is 21.9. The van der Waals surface area contributed by atoms with Crippen LogP contribution in [0.25, 0.3) is 16.7 Å². The number of hydrogen-bond donors (Lipinski definition) is 2. The first-order chi connectivity index (χ1) is 17.1. The van der Waals surface area contributed by atoms with Crippen LogP contribution in [0.3, 0.4) is 0 Å². The Bertz CT molecular complexity index is 1360. The summed E-state index contributed by atoms with van der Waals surface area (Å²) in [6, 6.07) is 17.6. The first kappa shape index (κ1) is 22.7. The van der Waals surface area contributed by atoms with Gasteiger partial charge in [-0.3, -0.25) is 9.88 Å². The molecule has 178 valence electrons. The van der Waals surface area contributed by atoms with Crippen molar-refractivity contribution in [2.24, 2.45) is 0 Å². The van der Waals surface area contributed by atoms with Crippen LogP contribution in [0.15, 0.2) is 66.9 Å². The molecule has 1 saturated heterocycles. The summed E-state index contributed by atoms with van der Waals surface area (Å²) in [4.78, 5) is 18.1. The van der Waals surface area contributed by atoms with Gasteiger partial charge in [-0.1, -0.05) is 23.4 Å². The number of benzene rings is 2. The number of carbonyl (C=O) groups is 1. The molecule has 1 fully saturated rings. The van der Waals surface area contributed by atoms with Crippen LogP contribution in [0, 0.1) is 5.82 Å². The number of aromatic nitrogens is 4. The second-order valence-corrected chi connectivity index (χ2v) is 8.36. The normalized spacial score (nSPS) is 15.3. The van der Waals surface area contributed by atoms with Crippen LogP contribution in [-0.2, 0) is 11.2 Å². The number of pyridine rings is 1. The molecule has 1 amide bonds. The maximum Gasteiger partial charge on any atom is 0.414 e. The molecule has 35 heavy (non-hydrogen) atoms. The molecule has 5 rings (SSSR count). The van der Waals surface area contributed by atoms with Crippen molar-refractivity contribution >= 4 is 40.1 Å². The third-order valence-corrected chi connectivity index (χ3v) is 5.87. The number of fused-ring (bicyclic) bond motifs is 1. The minimum Gasteiger partial charge on any atom is -0.442 e. The van der Waals surface area contributed by atoms with Crippen molar-refractivity contribution in [2.75, 3.05) is 24.5 Å². The molecular formula is C24H22FN7O2S. The van der Waals surface area contributed by atoms with Gasteiger partial charge >= 0.3 is 6.09 Å².